The van der Waals surface area contributed by atoms with Gasteiger partial charge >= 0.3 is 0 Å². The number of hydrogen-bond acceptors (Lipinski definition) is 2. The Labute approximate surface area is 62.8 Å². The van der Waals surface area contributed by atoms with E-state index in [1.807, 2.05) is 0 Å². The third-order valence-electron chi connectivity index (χ3n) is 0.788. The van der Waals surface area contributed by atoms with E-state index in [2.05, 4.69) is 17.1 Å². The van der Waals surface area contributed by atoms with Gasteiger partial charge in [0.1, 0.15) is 0 Å². The SMILES string of the molecule is [CH2]c1nnc(Cl)cc1Cl. The first-order valence-corrected chi connectivity index (χ1v) is 2.96. The molecule has 1 radical (unpaired) electrons. The first-order chi connectivity index (χ1) is 4.20. The zero-order valence-electron chi connectivity index (χ0n) is 4.43. The van der Waals surface area contributed by atoms with Gasteiger partial charge in [-0.25, -0.2) is 0 Å². The average Bonchev–Trinajstić information content (AvgIpc) is 1.80. The summed E-state index contributed by atoms with van der Waals surface area (Å²) in [5, 5.41) is 7.79. The summed E-state index contributed by atoms with van der Waals surface area (Å²) in [5.74, 6) is 0. The van der Waals surface area contributed by atoms with Crippen LogP contribution in [0, 0.1) is 6.92 Å². The molecule has 2 nitrogen and oxygen atoms in total. The lowest BCUT2D eigenvalue weighted by atomic mass is 10.4. The summed E-state index contributed by atoms with van der Waals surface area (Å²) in [6, 6.07) is 1.50. The lowest BCUT2D eigenvalue weighted by Gasteiger charge is -1.92. The van der Waals surface area contributed by atoms with Crippen molar-refractivity contribution in [3.05, 3.63) is 28.9 Å². The van der Waals surface area contributed by atoms with Gasteiger partial charge in [-0.3, -0.25) is 0 Å². The fraction of sp³-hybridized carbons (Fsp3) is 0. The molecule has 0 aromatic carbocycles. The molecule has 1 aromatic rings. The minimum atomic E-state index is 0.285. The number of rotatable bonds is 0. The van der Waals surface area contributed by atoms with Gasteiger partial charge < -0.3 is 0 Å². The Morgan fingerprint density at radius 2 is 2.00 bits per heavy atom. The van der Waals surface area contributed by atoms with Crippen LogP contribution in [0.2, 0.25) is 10.2 Å². The van der Waals surface area contributed by atoms with E-state index in [1.54, 1.807) is 0 Å². The Hall–Kier alpha value is -0.340. The van der Waals surface area contributed by atoms with Crippen LogP contribution in [0.4, 0.5) is 0 Å². The maximum Gasteiger partial charge on any atom is 0.153 e. The van der Waals surface area contributed by atoms with Crippen molar-refractivity contribution in [2.75, 3.05) is 0 Å². The Morgan fingerprint density at radius 1 is 1.33 bits per heavy atom. The Morgan fingerprint density at radius 3 is 2.44 bits per heavy atom. The predicted molar refractivity (Wildman–Crippen MR) is 36.5 cm³/mol. The Bertz CT molecular complexity index is 224. The second-order valence-corrected chi connectivity index (χ2v) is 2.26. The van der Waals surface area contributed by atoms with Gasteiger partial charge in [0, 0.05) is 0 Å². The molecule has 47 valence electrons. The summed E-state index contributed by atoms with van der Waals surface area (Å²) in [4.78, 5) is 0. The lowest BCUT2D eigenvalue weighted by molar-refractivity contribution is 1.01. The maximum atomic E-state index is 5.56. The van der Waals surface area contributed by atoms with E-state index >= 15 is 0 Å². The molecule has 1 aromatic heterocycles. The summed E-state index contributed by atoms with van der Waals surface area (Å²) in [6.07, 6.45) is 0. The van der Waals surface area contributed by atoms with Crippen LogP contribution < -0.4 is 0 Å². The first kappa shape index (κ1) is 6.78. The smallest absolute Gasteiger partial charge is 0.153 e. The van der Waals surface area contributed by atoms with Gasteiger partial charge in [-0.15, -0.1) is 5.10 Å². The minimum Gasteiger partial charge on any atom is -0.153 e. The van der Waals surface area contributed by atoms with Crippen LogP contribution in [-0.2, 0) is 0 Å². The van der Waals surface area contributed by atoms with Gasteiger partial charge in [0.2, 0.25) is 0 Å². The van der Waals surface area contributed by atoms with Crippen LogP contribution in [0.3, 0.4) is 0 Å². The fourth-order valence-electron chi connectivity index (χ4n) is 0.373. The van der Waals surface area contributed by atoms with Gasteiger partial charge in [0.15, 0.2) is 5.15 Å². The van der Waals surface area contributed by atoms with Crippen molar-refractivity contribution in [2.24, 2.45) is 0 Å². The third kappa shape index (κ3) is 1.53. The molecule has 0 atom stereocenters. The first-order valence-electron chi connectivity index (χ1n) is 2.21. The van der Waals surface area contributed by atoms with Crippen molar-refractivity contribution in [2.45, 2.75) is 0 Å². The highest BCUT2D eigenvalue weighted by Crippen LogP contribution is 2.14. The molecule has 1 rings (SSSR count). The van der Waals surface area contributed by atoms with Crippen molar-refractivity contribution >= 4 is 23.2 Å². The molecule has 0 amide bonds. The standard InChI is InChI=1S/C5H3Cl2N2/c1-3-4(6)2-5(7)9-8-3/h2H,1H2. The summed E-state index contributed by atoms with van der Waals surface area (Å²) < 4.78 is 0. The number of halogens is 2. The number of nitrogens with zero attached hydrogens (tertiary/aromatic N) is 2. The van der Waals surface area contributed by atoms with Crippen molar-refractivity contribution in [1.82, 2.24) is 10.2 Å². The predicted octanol–water partition coefficient (Wildman–Crippen LogP) is 1.97. The Kier molecular flexibility index (Phi) is 1.88. The van der Waals surface area contributed by atoms with Gasteiger partial charge in [-0.1, -0.05) is 23.2 Å². The molecule has 0 aliphatic carbocycles. The molecule has 4 heteroatoms. The van der Waals surface area contributed by atoms with Crippen LogP contribution >= 0.6 is 23.2 Å². The quantitative estimate of drug-likeness (QED) is 0.582. The topological polar surface area (TPSA) is 25.8 Å². The lowest BCUT2D eigenvalue weighted by Crippen LogP contribution is -1.86. The van der Waals surface area contributed by atoms with E-state index in [0.29, 0.717) is 10.7 Å². The molecule has 0 bridgehead atoms. The zero-order valence-corrected chi connectivity index (χ0v) is 5.95. The number of hydrogen-bond donors (Lipinski definition) is 0. The van der Waals surface area contributed by atoms with Gasteiger partial charge in [-0.05, 0) is 13.0 Å². The second kappa shape index (κ2) is 2.50. The molecule has 0 saturated carbocycles. The molecular formula is C5H3Cl2N2. The van der Waals surface area contributed by atoms with E-state index in [0.717, 1.165) is 0 Å². The molecule has 0 saturated heterocycles. The molecule has 0 spiro atoms. The summed E-state index contributed by atoms with van der Waals surface area (Å²) in [6.45, 7) is 3.50. The molecular weight excluding hydrogens is 159 g/mol. The van der Waals surface area contributed by atoms with E-state index in [4.69, 9.17) is 23.2 Å². The van der Waals surface area contributed by atoms with E-state index in [-0.39, 0.29) is 5.15 Å². The van der Waals surface area contributed by atoms with Crippen molar-refractivity contribution in [3.8, 4) is 0 Å². The maximum absolute atomic E-state index is 5.56. The summed E-state index contributed by atoms with van der Waals surface area (Å²) >= 11 is 11.0. The normalized spacial score (nSPS) is 9.67. The van der Waals surface area contributed by atoms with Crippen molar-refractivity contribution in [1.29, 1.82) is 0 Å². The summed E-state index contributed by atoms with van der Waals surface area (Å²) in [5.41, 5.74) is 0.445. The molecule has 1 heterocycles. The van der Waals surface area contributed by atoms with Gasteiger partial charge in [-0.2, -0.15) is 5.10 Å². The van der Waals surface area contributed by atoms with Crippen LogP contribution in [0.1, 0.15) is 5.69 Å². The van der Waals surface area contributed by atoms with Gasteiger partial charge in [0.05, 0.1) is 10.7 Å². The van der Waals surface area contributed by atoms with Crippen molar-refractivity contribution < 1.29 is 0 Å². The molecule has 0 aliphatic rings. The van der Waals surface area contributed by atoms with Crippen molar-refractivity contribution in [3.63, 3.8) is 0 Å². The highest BCUT2D eigenvalue weighted by atomic mass is 35.5. The molecule has 0 aliphatic heterocycles. The molecule has 0 N–H and O–H groups in total. The summed E-state index contributed by atoms with van der Waals surface area (Å²) in [7, 11) is 0. The largest absolute Gasteiger partial charge is 0.153 e. The third-order valence-corrected chi connectivity index (χ3v) is 1.30. The second-order valence-electron chi connectivity index (χ2n) is 1.46. The average molecular weight is 162 g/mol. The van der Waals surface area contributed by atoms with Gasteiger partial charge in [0.25, 0.3) is 0 Å². The highest BCUT2D eigenvalue weighted by molar-refractivity contribution is 6.34. The van der Waals surface area contributed by atoms with Crippen LogP contribution in [0.25, 0.3) is 0 Å². The number of aromatic nitrogens is 2. The minimum absolute atomic E-state index is 0.285. The molecule has 0 unspecified atom stereocenters. The molecule has 9 heavy (non-hydrogen) atoms. The van der Waals surface area contributed by atoms with Crippen LogP contribution in [0.15, 0.2) is 6.07 Å². The zero-order chi connectivity index (χ0) is 6.85. The van der Waals surface area contributed by atoms with Crippen LogP contribution in [-0.4, -0.2) is 10.2 Å². The highest BCUT2D eigenvalue weighted by Gasteiger charge is 1.96. The van der Waals surface area contributed by atoms with E-state index in [1.165, 1.54) is 6.07 Å². The Balaban J connectivity index is 3.17. The van der Waals surface area contributed by atoms with E-state index in [9.17, 15) is 0 Å². The molecule has 0 fully saturated rings. The monoisotopic (exact) mass is 161 g/mol. The fourth-order valence-corrected chi connectivity index (χ4v) is 0.717. The van der Waals surface area contributed by atoms with Crippen LogP contribution in [0.5, 0.6) is 0 Å². The van der Waals surface area contributed by atoms with E-state index < -0.39 is 0 Å².